The highest BCUT2D eigenvalue weighted by Gasteiger charge is 2.30. The van der Waals surface area contributed by atoms with Crippen LogP contribution >= 0.6 is 0 Å². The van der Waals surface area contributed by atoms with E-state index >= 15 is 0 Å². The summed E-state index contributed by atoms with van der Waals surface area (Å²) in [5, 5.41) is 9.36. The van der Waals surface area contributed by atoms with E-state index in [-0.39, 0.29) is 0 Å². The first kappa shape index (κ1) is 7.69. The second kappa shape index (κ2) is 2.68. The van der Waals surface area contributed by atoms with Crippen LogP contribution in [0.5, 0.6) is 0 Å². The van der Waals surface area contributed by atoms with Crippen LogP contribution in [-0.2, 0) is 4.79 Å². The molecule has 0 saturated carbocycles. The van der Waals surface area contributed by atoms with Crippen molar-refractivity contribution in [1.29, 1.82) is 0 Å². The van der Waals surface area contributed by atoms with Gasteiger partial charge in [0.1, 0.15) is 0 Å². The fraction of sp³-hybridized carbons (Fsp3) is 0.714. The minimum atomic E-state index is -1.26. The first-order chi connectivity index (χ1) is 4.67. The largest absolute Gasteiger partial charge is 0.369 e. The van der Waals surface area contributed by atoms with E-state index in [1.54, 1.807) is 4.90 Å². The summed E-state index contributed by atoms with van der Waals surface area (Å²) in [6, 6.07) is 0. The Labute approximate surface area is 60.6 Å². The molecule has 1 rings (SSSR count). The lowest BCUT2D eigenvalue weighted by Crippen LogP contribution is -2.45. The van der Waals surface area contributed by atoms with E-state index < -0.39 is 5.72 Å². The second-order valence-corrected chi connectivity index (χ2v) is 2.74. The molecule has 1 aliphatic heterocycles. The Morgan fingerprint density at radius 1 is 1.80 bits per heavy atom. The lowest BCUT2D eigenvalue weighted by molar-refractivity contribution is -0.140. The highest BCUT2D eigenvalue weighted by Crippen LogP contribution is 2.15. The zero-order chi connectivity index (χ0) is 7.61. The van der Waals surface area contributed by atoms with Crippen LogP contribution in [0.2, 0.25) is 0 Å². The standard InChI is InChI=1S/C7H12NO2/c1-7(10,6-9)8-4-2-3-5-8/h2,6,10H,3-5H2,1H3. The summed E-state index contributed by atoms with van der Waals surface area (Å²) in [4.78, 5) is 12.0. The number of aliphatic hydroxyl groups is 1. The third kappa shape index (κ3) is 1.36. The highest BCUT2D eigenvalue weighted by molar-refractivity contribution is 5.60. The molecule has 0 bridgehead atoms. The molecule has 1 saturated heterocycles. The van der Waals surface area contributed by atoms with E-state index in [0.717, 1.165) is 13.0 Å². The Morgan fingerprint density at radius 3 is 2.90 bits per heavy atom. The number of carbonyl (C=O) groups is 1. The Balaban J connectivity index is 2.53. The highest BCUT2D eigenvalue weighted by atomic mass is 16.3. The number of hydrogen-bond acceptors (Lipinski definition) is 3. The monoisotopic (exact) mass is 142 g/mol. The number of likely N-dealkylation sites (tertiary alicyclic amines) is 1. The van der Waals surface area contributed by atoms with Crippen LogP contribution in [-0.4, -0.2) is 35.1 Å². The molecule has 0 aliphatic carbocycles. The van der Waals surface area contributed by atoms with Gasteiger partial charge in [-0.3, -0.25) is 9.69 Å². The molecular weight excluding hydrogens is 130 g/mol. The first-order valence-corrected chi connectivity index (χ1v) is 3.42. The zero-order valence-electron chi connectivity index (χ0n) is 6.08. The Kier molecular flexibility index (Phi) is 2.06. The van der Waals surface area contributed by atoms with Gasteiger partial charge in [0, 0.05) is 13.1 Å². The fourth-order valence-corrected chi connectivity index (χ4v) is 1.07. The molecule has 10 heavy (non-hydrogen) atoms. The van der Waals surface area contributed by atoms with Crippen LogP contribution in [0.4, 0.5) is 0 Å². The molecule has 3 nitrogen and oxygen atoms in total. The minimum absolute atomic E-state index is 0.576. The number of nitrogens with zero attached hydrogens (tertiary/aromatic N) is 1. The van der Waals surface area contributed by atoms with Crippen LogP contribution in [0.25, 0.3) is 0 Å². The van der Waals surface area contributed by atoms with Crippen molar-refractivity contribution in [3.05, 3.63) is 6.42 Å². The Hall–Kier alpha value is -0.410. The van der Waals surface area contributed by atoms with Gasteiger partial charge in [0.25, 0.3) is 0 Å². The lowest BCUT2D eigenvalue weighted by atomic mass is 10.2. The molecule has 1 radical (unpaired) electrons. The van der Waals surface area contributed by atoms with Crippen molar-refractivity contribution in [1.82, 2.24) is 4.90 Å². The van der Waals surface area contributed by atoms with Gasteiger partial charge < -0.3 is 5.11 Å². The summed E-state index contributed by atoms with van der Waals surface area (Å²) in [6.07, 6.45) is 3.59. The maximum absolute atomic E-state index is 10.3. The SMILES string of the molecule is CC(O)(C=O)N1C[CH]CC1. The predicted octanol–water partition coefficient (Wildman–Crippen LogP) is -0.196. The molecule has 0 spiro atoms. The van der Waals surface area contributed by atoms with Crippen LogP contribution in [0.15, 0.2) is 0 Å². The molecule has 3 heteroatoms. The van der Waals surface area contributed by atoms with Gasteiger partial charge in [0.2, 0.25) is 0 Å². The molecule has 1 atom stereocenters. The molecule has 1 fully saturated rings. The number of hydrogen-bond donors (Lipinski definition) is 1. The lowest BCUT2D eigenvalue weighted by Gasteiger charge is -2.27. The summed E-state index contributed by atoms with van der Waals surface area (Å²) in [7, 11) is 0. The van der Waals surface area contributed by atoms with E-state index in [0.29, 0.717) is 12.8 Å². The predicted molar refractivity (Wildman–Crippen MR) is 37.2 cm³/mol. The average Bonchev–Trinajstić information content (AvgIpc) is 2.38. The van der Waals surface area contributed by atoms with E-state index in [1.807, 2.05) is 0 Å². The second-order valence-electron chi connectivity index (χ2n) is 2.74. The van der Waals surface area contributed by atoms with Crippen molar-refractivity contribution in [2.45, 2.75) is 19.1 Å². The van der Waals surface area contributed by atoms with Crippen LogP contribution < -0.4 is 0 Å². The fourth-order valence-electron chi connectivity index (χ4n) is 1.07. The third-order valence-electron chi connectivity index (χ3n) is 1.82. The summed E-state index contributed by atoms with van der Waals surface area (Å²) >= 11 is 0. The Morgan fingerprint density at radius 2 is 2.50 bits per heavy atom. The van der Waals surface area contributed by atoms with E-state index in [1.165, 1.54) is 6.92 Å². The molecule has 1 aliphatic rings. The number of rotatable bonds is 2. The molecule has 57 valence electrons. The van der Waals surface area contributed by atoms with Gasteiger partial charge in [-0.05, 0) is 19.8 Å². The summed E-state index contributed by atoms with van der Waals surface area (Å²) in [6.45, 7) is 3.01. The number of aldehydes is 1. The molecular formula is C7H12NO2. The topological polar surface area (TPSA) is 40.5 Å². The average molecular weight is 142 g/mol. The zero-order valence-corrected chi connectivity index (χ0v) is 6.08. The van der Waals surface area contributed by atoms with Crippen molar-refractivity contribution in [2.75, 3.05) is 13.1 Å². The van der Waals surface area contributed by atoms with Crippen molar-refractivity contribution in [3.63, 3.8) is 0 Å². The van der Waals surface area contributed by atoms with Gasteiger partial charge in [0.05, 0.1) is 0 Å². The van der Waals surface area contributed by atoms with Gasteiger partial charge in [-0.25, -0.2) is 0 Å². The van der Waals surface area contributed by atoms with Crippen molar-refractivity contribution >= 4 is 6.29 Å². The maximum atomic E-state index is 10.3. The van der Waals surface area contributed by atoms with Crippen molar-refractivity contribution in [3.8, 4) is 0 Å². The third-order valence-corrected chi connectivity index (χ3v) is 1.82. The van der Waals surface area contributed by atoms with Crippen LogP contribution in [0.1, 0.15) is 13.3 Å². The Bertz CT molecular complexity index is 128. The number of carbonyl (C=O) groups excluding carboxylic acids is 1. The van der Waals surface area contributed by atoms with E-state index in [9.17, 15) is 9.90 Å². The molecule has 0 aromatic rings. The van der Waals surface area contributed by atoms with E-state index in [4.69, 9.17) is 0 Å². The van der Waals surface area contributed by atoms with E-state index in [2.05, 4.69) is 6.42 Å². The first-order valence-electron chi connectivity index (χ1n) is 3.42. The maximum Gasteiger partial charge on any atom is 0.172 e. The quantitative estimate of drug-likeness (QED) is 0.543. The molecule has 1 heterocycles. The van der Waals surface area contributed by atoms with Crippen molar-refractivity contribution < 1.29 is 9.90 Å². The molecule has 0 amide bonds. The van der Waals surface area contributed by atoms with Crippen molar-refractivity contribution in [2.24, 2.45) is 0 Å². The van der Waals surface area contributed by atoms with Gasteiger partial charge in [-0.2, -0.15) is 0 Å². The summed E-state index contributed by atoms with van der Waals surface area (Å²) < 4.78 is 0. The molecule has 1 N–H and O–H groups in total. The summed E-state index contributed by atoms with van der Waals surface area (Å²) in [5.74, 6) is 0. The normalized spacial score (nSPS) is 26.2. The van der Waals surface area contributed by atoms with Gasteiger partial charge in [-0.1, -0.05) is 0 Å². The van der Waals surface area contributed by atoms with Gasteiger partial charge in [0.15, 0.2) is 12.0 Å². The van der Waals surface area contributed by atoms with Crippen LogP contribution in [0, 0.1) is 6.42 Å². The molecule has 0 aromatic carbocycles. The molecule has 0 aromatic heterocycles. The summed E-state index contributed by atoms with van der Waals surface area (Å²) in [5.41, 5.74) is -1.26. The van der Waals surface area contributed by atoms with Gasteiger partial charge >= 0.3 is 0 Å². The minimum Gasteiger partial charge on any atom is -0.369 e. The molecule has 1 unspecified atom stereocenters. The van der Waals surface area contributed by atoms with Gasteiger partial charge in [-0.15, -0.1) is 0 Å². The smallest absolute Gasteiger partial charge is 0.172 e. The van der Waals surface area contributed by atoms with Crippen LogP contribution in [0.3, 0.4) is 0 Å².